The fourth-order valence-electron chi connectivity index (χ4n) is 2.01. The normalized spacial score (nSPS) is 12.4. The van der Waals surface area contributed by atoms with Crippen LogP contribution in [0.5, 0.6) is 0 Å². The largest absolute Gasteiger partial charge is 0.271 e. The van der Waals surface area contributed by atoms with Crippen molar-refractivity contribution in [3.63, 3.8) is 0 Å². The first kappa shape index (κ1) is 13.6. The summed E-state index contributed by atoms with van der Waals surface area (Å²) < 4.78 is 1.06. The highest BCUT2D eigenvalue weighted by molar-refractivity contribution is 9.10. The molecule has 4 heteroatoms. The third kappa shape index (κ3) is 2.93. The van der Waals surface area contributed by atoms with Crippen LogP contribution in [-0.4, -0.2) is 0 Å². The Kier molecular flexibility index (Phi) is 4.40. The zero-order valence-electron chi connectivity index (χ0n) is 9.95. The molecule has 0 fully saturated rings. The summed E-state index contributed by atoms with van der Waals surface area (Å²) in [6.07, 6.45) is 0. The van der Waals surface area contributed by atoms with Crippen molar-refractivity contribution in [3.05, 3.63) is 68.7 Å². The van der Waals surface area contributed by atoms with Gasteiger partial charge in [-0.1, -0.05) is 45.7 Å². The Hall–Kier alpha value is -0.870. The van der Waals surface area contributed by atoms with Crippen LogP contribution in [0.1, 0.15) is 22.7 Å². The zero-order valence-corrected chi connectivity index (χ0v) is 12.3. The molecule has 0 aliphatic carbocycles. The lowest BCUT2D eigenvalue weighted by atomic mass is 9.96. The molecular formula is C14H14BrClN2. The minimum absolute atomic E-state index is 0.0585. The molecule has 1 unspecified atom stereocenters. The van der Waals surface area contributed by atoms with Gasteiger partial charge >= 0.3 is 0 Å². The maximum Gasteiger partial charge on any atom is 0.0713 e. The molecule has 2 rings (SSSR count). The molecule has 0 aromatic heterocycles. The zero-order chi connectivity index (χ0) is 13.1. The second-order valence-electron chi connectivity index (χ2n) is 4.16. The number of halogens is 2. The lowest BCUT2D eigenvalue weighted by Gasteiger charge is -2.19. The van der Waals surface area contributed by atoms with Crippen LogP contribution in [0.2, 0.25) is 5.02 Å². The van der Waals surface area contributed by atoms with E-state index in [1.165, 1.54) is 5.56 Å². The molecule has 18 heavy (non-hydrogen) atoms. The number of hydrogen-bond donors (Lipinski definition) is 2. The molecule has 0 aliphatic rings. The van der Waals surface area contributed by atoms with Crippen molar-refractivity contribution in [2.45, 2.75) is 13.0 Å². The van der Waals surface area contributed by atoms with Crippen molar-refractivity contribution in [1.29, 1.82) is 0 Å². The molecule has 0 spiro atoms. The number of aryl methyl sites for hydroxylation is 1. The van der Waals surface area contributed by atoms with Gasteiger partial charge in [0.05, 0.1) is 6.04 Å². The summed E-state index contributed by atoms with van der Waals surface area (Å²) in [5.41, 5.74) is 6.21. The van der Waals surface area contributed by atoms with Gasteiger partial charge in [-0.2, -0.15) is 0 Å². The minimum Gasteiger partial charge on any atom is -0.271 e. The van der Waals surface area contributed by atoms with Gasteiger partial charge < -0.3 is 0 Å². The van der Waals surface area contributed by atoms with E-state index in [1.54, 1.807) is 0 Å². The third-order valence-electron chi connectivity index (χ3n) is 2.89. The molecule has 0 saturated heterocycles. The second-order valence-corrected chi connectivity index (χ2v) is 5.51. The van der Waals surface area contributed by atoms with Gasteiger partial charge in [-0.25, -0.2) is 5.43 Å². The van der Waals surface area contributed by atoms with E-state index in [2.05, 4.69) is 40.4 Å². The first-order valence-electron chi connectivity index (χ1n) is 5.59. The Balaban J connectivity index is 2.45. The van der Waals surface area contributed by atoms with Crippen molar-refractivity contribution in [2.75, 3.05) is 0 Å². The summed E-state index contributed by atoms with van der Waals surface area (Å²) in [4.78, 5) is 0. The molecule has 0 heterocycles. The van der Waals surface area contributed by atoms with E-state index < -0.39 is 0 Å². The van der Waals surface area contributed by atoms with Gasteiger partial charge in [-0.3, -0.25) is 5.84 Å². The maximum atomic E-state index is 6.02. The molecule has 2 nitrogen and oxygen atoms in total. The van der Waals surface area contributed by atoms with Gasteiger partial charge in [-0.05, 0) is 47.9 Å². The lowest BCUT2D eigenvalue weighted by Crippen LogP contribution is -2.29. The Morgan fingerprint density at radius 2 is 2.00 bits per heavy atom. The molecule has 0 radical (unpaired) electrons. The van der Waals surface area contributed by atoms with E-state index in [0.29, 0.717) is 5.02 Å². The predicted molar refractivity (Wildman–Crippen MR) is 79.5 cm³/mol. The van der Waals surface area contributed by atoms with Crippen molar-refractivity contribution in [2.24, 2.45) is 5.84 Å². The smallest absolute Gasteiger partial charge is 0.0713 e. The van der Waals surface area contributed by atoms with Gasteiger partial charge in [0.25, 0.3) is 0 Å². The Morgan fingerprint density at radius 1 is 1.22 bits per heavy atom. The summed E-state index contributed by atoms with van der Waals surface area (Å²) in [6, 6.07) is 13.8. The van der Waals surface area contributed by atoms with Gasteiger partial charge in [0.15, 0.2) is 0 Å². The first-order valence-corrected chi connectivity index (χ1v) is 6.76. The Morgan fingerprint density at radius 3 is 2.61 bits per heavy atom. The monoisotopic (exact) mass is 324 g/mol. The van der Waals surface area contributed by atoms with Crippen molar-refractivity contribution >= 4 is 27.5 Å². The predicted octanol–water partition coefficient (Wildman–Crippen LogP) is 3.96. The Bertz CT molecular complexity index is 557. The molecular weight excluding hydrogens is 312 g/mol. The SMILES string of the molecule is Cc1cc(Br)ccc1C(NN)c1cccc(Cl)c1. The number of hydrogen-bond acceptors (Lipinski definition) is 2. The number of nitrogens with one attached hydrogen (secondary N) is 1. The molecule has 1 atom stereocenters. The van der Waals surface area contributed by atoms with E-state index in [0.717, 1.165) is 15.6 Å². The van der Waals surface area contributed by atoms with Gasteiger partial charge in [0, 0.05) is 9.50 Å². The number of nitrogens with two attached hydrogens (primary N) is 1. The average Bonchev–Trinajstić information content (AvgIpc) is 2.33. The quantitative estimate of drug-likeness (QED) is 0.662. The standard InChI is InChI=1S/C14H14BrClN2/c1-9-7-11(15)5-6-13(9)14(18-17)10-3-2-4-12(16)8-10/h2-8,14,18H,17H2,1H3. The van der Waals surface area contributed by atoms with Crippen LogP contribution in [-0.2, 0) is 0 Å². The fourth-order valence-corrected chi connectivity index (χ4v) is 2.69. The molecule has 0 bridgehead atoms. The maximum absolute atomic E-state index is 6.02. The van der Waals surface area contributed by atoms with Crippen LogP contribution >= 0.6 is 27.5 Å². The third-order valence-corrected chi connectivity index (χ3v) is 3.62. The topological polar surface area (TPSA) is 38.0 Å². The van der Waals surface area contributed by atoms with Crippen LogP contribution in [0.3, 0.4) is 0 Å². The van der Waals surface area contributed by atoms with E-state index in [1.807, 2.05) is 30.3 Å². The van der Waals surface area contributed by atoms with E-state index in [9.17, 15) is 0 Å². The molecule has 2 aromatic carbocycles. The van der Waals surface area contributed by atoms with Gasteiger partial charge in [0.2, 0.25) is 0 Å². The summed E-state index contributed by atoms with van der Waals surface area (Å²) in [5.74, 6) is 5.69. The second kappa shape index (κ2) is 5.85. The molecule has 3 N–H and O–H groups in total. The lowest BCUT2D eigenvalue weighted by molar-refractivity contribution is 0.633. The number of hydrazine groups is 1. The molecule has 2 aromatic rings. The highest BCUT2D eigenvalue weighted by Crippen LogP contribution is 2.27. The van der Waals surface area contributed by atoms with E-state index in [-0.39, 0.29) is 6.04 Å². The highest BCUT2D eigenvalue weighted by Gasteiger charge is 2.14. The summed E-state index contributed by atoms with van der Waals surface area (Å²) in [5, 5.41) is 0.711. The first-order chi connectivity index (χ1) is 8.61. The van der Waals surface area contributed by atoms with Crippen LogP contribution in [0.25, 0.3) is 0 Å². The van der Waals surface area contributed by atoms with Gasteiger partial charge in [0.1, 0.15) is 0 Å². The molecule has 0 aliphatic heterocycles. The van der Waals surface area contributed by atoms with Crippen molar-refractivity contribution < 1.29 is 0 Å². The minimum atomic E-state index is -0.0585. The van der Waals surface area contributed by atoms with Crippen molar-refractivity contribution in [1.82, 2.24) is 5.43 Å². The van der Waals surface area contributed by atoms with Crippen LogP contribution in [0, 0.1) is 6.92 Å². The van der Waals surface area contributed by atoms with Crippen LogP contribution < -0.4 is 11.3 Å². The van der Waals surface area contributed by atoms with Gasteiger partial charge in [-0.15, -0.1) is 0 Å². The molecule has 94 valence electrons. The van der Waals surface area contributed by atoms with Crippen LogP contribution in [0.15, 0.2) is 46.9 Å². The summed E-state index contributed by atoms with van der Waals surface area (Å²) >= 11 is 9.48. The van der Waals surface area contributed by atoms with E-state index in [4.69, 9.17) is 17.4 Å². The van der Waals surface area contributed by atoms with Crippen molar-refractivity contribution in [3.8, 4) is 0 Å². The average molecular weight is 326 g/mol. The fraction of sp³-hybridized carbons (Fsp3) is 0.143. The van der Waals surface area contributed by atoms with Crippen LogP contribution in [0.4, 0.5) is 0 Å². The summed E-state index contributed by atoms with van der Waals surface area (Å²) in [7, 11) is 0. The molecule has 0 saturated carbocycles. The number of benzene rings is 2. The molecule has 0 amide bonds. The highest BCUT2D eigenvalue weighted by atomic mass is 79.9. The number of rotatable bonds is 3. The summed E-state index contributed by atoms with van der Waals surface area (Å²) in [6.45, 7) is 2.06. The van der Waals surface area contributed by atoms with E-state index >= 15 is 0 Å². The Labute approximate surface area is 120 Å².